The van der Waals surface area contributed by atoms with Gasteiger partial charge in [-0.05, 0) is 57.4 Å². The van der Waals surface area contributed by atoms with Gasteiger partial charge >= 0.3 is 12.1 Å². The summed E-state index contributed by atoms with van der Waals surface area (Å²) in [5.74, 6) is -1.29. The van der Waals surface area contributed by atoms with Crippen LogP contribution in [0.15, 0.2) is 30.3 Å². The lowest BCUT2D eigenvalue weighted by Gasteiger charge is -2.19. The van der Waals surface area contributed by atoms with Gasteiger partial charge in [0.15, 0.2) is 5.13 Å². The molecule has 0 aliphatic rings. The topological polar surface area (TPSA) is 118 Å². The van der Waals surface area contributed by atoms with E-state index in [1.165, 1.54) is 24.3 Å². The molecule has 0 saturated carbocycles. The average molecular weight is 432 g/mol. The van der Waals surface area contributed by atoms with Crippen molar-refractivity contribution in [1.29, 1.82) is 0 Å². The summed E-state index contributed by atoms with van der Waals surface area (Å²) in [7, 11) is 0. The maximum absolute atomic E-state index is 11.8. The Kier molecular flexibility index (Phi) is 7.71. The molecule has 0 bridgehead atoms. The van der Waals surface area contributed by atoms with Crippen LogP contribution in [0.2, 0.25) is 0 Å². The van der Waals surface area contributed by atoms with Crippen molar-refractivity contribution in [2.45, 2.75) is 46.1 Å². The molecular formula is C21H25N3O5S. The zero-order valence-electron chi connectivity index (χ0n) is 17.3. The van der Waals surface area contributed by atoms with E-state index in [1.54, 1.807) is 32.9 Å². The maximum atomic E-state index is 11.8. The Balaban J connectivity index is 2.03. The minimum Gasteiger partial charge on any atom is -0.478 e. The highest BCUT2D eigenvalue weighted by atomic mass is 32.1. The number of thiazole rings is 1. The van der Waals surface area contributed by atoms with Crippen LogP contribution in [0.1, 0.15) is 43.8 Å². The van der Waals surface area contributed by atoms with Crippen LogP contribution in [-0.4, -0.2) is 33.7 Å². The molecule has 3 N–H and O–H groups in total. The number of anilines is 2. The van der Waals surface area contributed by atoms with Gasteiger partial charge in [0, 0.05) is 18.7 Å². The minimum absolute atomic E-state index is 0.239. The van der Waals surface area contributed by atoms with E-state index in [1.807, 2.05) is 12.1 Å². The molecule has 1 aromatic carbocycles. The first-order valence-corrected chi connectivity index (χ1v) is 10.1. The fraction of sp³-hybridized carbons (Fsp3) is 0.333. The first-order valence-electron chi connectivity index (χ1n) is 9.29. The van der Waals surface area contributed by atoms with E-state index in [4.69, 9.17) is 9.84 Å². The zero-order chi connectivity index (χ0) is 22.3. The van der Waals surface area contributed by atoms with Crippen molar-refractivity contribution in [2.75, 3.05) is 10.6 Å². The van der Waals surface area contributed by atoms with Gasteiger partial charge in [-0.2, -0.15) is 0 Å². The summed E-state index contributed by atoms with van der Waals surface area (Å²) >= 11 is 1.22. The molecule has 9 heteroatoms. The van der Waals surface area contributed by atoms with Gasteiger partial charge in [-0.15, -0.1) is 0 Å². The number of aromatic nitrogens is 1. The number of carboxylic acid groups (broad SMARTS) is 1. The van der Waals surface area contributed by atoms with E-state index in [9.17, 15) is 14.4 Å². The van der Waals surface area contributed by atoms with E-state index in [0.717, 1.165) is 11.6 Å². The highest BCUT2D eigenvalue weighted by Crippen LogP contribution is 2.26. The molecule has 0 aliphatic carbocycles. The number of rotatable bonds is 7. The lowest BCUT2D eigenvalue weighted by Crippen LogP contribution is -2.27. The third kappa shape index (κ3) is 8.04. The Labute approximate surface area is 179 Å². The standard InChI is InChI=1S/C21H25N3O5S/c1-13(25)22-19-24-16(17(30-19)11-12-18(26)27)10-7-14-5-8-15(9-6-14)23-20(28)29-21(2,3)4/h5-6,8-9,11-12H,7,10H2,1-4H3,(H,23,28)(H,26,27)(H,22,24,25)/b12-11-. The first-order chi connectivity index (χ1) is 14.0. The number of carbonyl (C=O) groups is 3. The van der Waals surface area contributed by atoms with Crippen molar-refractivity contribution in [3.05, 3.63) is 46.5 Å². The molecule has 0 spiro atoms. The van der Waals surface area contributed by atoms with E-state index >= 15 is 0 Å². The van der Waals surface area contributed by atoms with Crippen molar-refractivity contribution in [2.24, 2.45) is 0 Å². The lowest BCUT2D eigenvalue weighted by atomic mass is 10.1. The Morgan fingerprint density at radius 3 is 2.37 bits per heavy atom. The molecule has 30 heavy (non-hydrogen) atoms. The largest absolute Gasteiger partial charge is 0.478 e. The molecule has 0 saturated heterocycles. The summed E-state index contributed by atoms with van der Waals surface area (Å²) in [6, 6.07) is 7.35. The van der Waals surface area contributed by atoms with Crippen LogP contribution < -0.4 is 10.6 Å². The maximum Gasteiger partial charge on any atom is 0.412 e. The lowest BCUT2D eigenvalue weighted by molar-refractivity contribution is -0.131. The Morgan fingerprint density at radius 2 is 1.80 bits per heavy atom. The number of aliphatic carboxylic acids is 1. The molecule has 0 fully saturated rings. The number of benzene rings is 1. The summed E-state index contributed by atoms with van der Waals surface area (Å²) in [5.41, 5.74) is 1.78. The Hall–Kier alpha value is -3.20. The molecule has 0 radical (unpaired) electrons. The number of aryl methyl sites for hydroxylation is 2. The smallest absolute Gasteiger partial charge is 0.412 e. The molecule has 160 valence electrons. The van der Waals surface area contributed by atoms with E-state index in [-0.39, 0.29) is 5.91 Å². The van der Waals surface area contributed by atoms with Crippen molar-refractivity contribution >= 4 is 46.2 Å². The van der Waals surface area contributed by atoms with Crippen molar-refractivity contribution in [1.82, 2.24) is 4.98 Å². The normalized spacial score (nSPS) is 11.3. The summed E-state index contributed by atoms with van der Waals surface area (Å²) in [5, 5.41) is 14.6. The summed E-state index contributed by atoms with van der Waals surface area (Å²) in [4.78, 5) is 39.0. The fourth-order valence-electron chi connectivity index (χ4n) is 2.46. The number of hydrogen-bond donors (Lipinski definition) is 3. The molecule has 0 aliphatic heterocycles. The first kappa shape index (κ1) is 23.1. The minimum atomic E-state index is -1.05. The molecule has 2 aromatic rings. The van der Waals surface area contributed by atoms with Gasteiger partial charge in [-0.25, -0.2) is 14.6 Å². The second kappa shape index (κ2) is 10.0. The quantitative estimate of drug-likeness (QED) is 0.562. The van der Waals surface area contributed by atoms with Gasteiger partial charge in [0.25, 0.3) is 0 Å². The third-order valence-electron chi connectivity index (χ3n) is 3.64. The van der Waals surface area contributed by atoms with E-state index < -0.39 is 17.7 Å². The Morgan fingerprint density at radius 1 is 1.13 bits per heavy atom. The number of amides is 2. The van der Waals surface area contributed by atoms with Crippen LogP contribution in [0.25, 0.3) is 6.08 Å². The molecule has 2 rings (SSSR count). The van der Waals surface area contributed by atoms with Crippen molar-refractivity contribution < 1.29 is 24.2 Å². The van der Waals surface area contributed by atoms with Crippen LogP contribution in [0.3, 0.4) is 0 Å². The van der Waals surface area contributed by atoms with Gasteiger partial charge in [-0.1, -0.05) is 23.5 Å². The average Bonchev–Trinajstić information content (AvgIpc) is 2.98. The highest BCUT2D eigenvalue weighted by molar-refractivity contribution is 7.16. The monoisotopic (exact) mass is 431 g/mol. The molecule has 1 aromatic heterocycles. The van der Waals surface area contributed by atoms with Gasteiger partial charge < -0.3 is 15.2 Å². The summed E-state index contributed by atoms with van der Waals surface area (Å²) in [6.07, 6.45) is 3.23. The zero-order valence-corrected chi connectivity index (χ0v) is 18.1. The summed E-state index contributed by atoms with van der Waals surface area (Å²) in [6.45, 7) is 6.78. The molecule has 0 atom stereocenters. The van der Waals surface area contributed by atoms with Crippen LogP contribution >= 0.6 is 11.3 Å². The van der Waals surface area contributed by atoms with Crippen molar-refractivity contribution in [3.63, 3.8) is 0 Å². The van der Waals surface area contributed by atoms with Gasteiger partial charge in [0.1, 0.15) is 5.60 Å². The fourth-order valence-corrected chi connectivity index (χ4v) is 3.42. The summed E-state index contributed by atoms with van der Waals surface area (Å²) < 4.78 is 5.22. The number of carboxylic acids is 1. The number of carbonyl (C=O) groups excluding carboxylic acids is 2. The Bertz CT molecular complexity index is 943. The van der Waals surface area contributed by atoms with Crippen LogP contribution in [0.4, 0.5) is 15.6 Å². The predicted octanol–water partition coefficient (Wildman–Crippen LogP) is 4.33. The third-order valence-corrected chi connectivity index (χ3v) is 4.62. The number of nitrogens with one attached hydrogen (secondary N) is 2. The van der Waals surface area contributed by atoms with Gasteiger partial charge in [0.05, 0.1) is 10.6 Å². The van der Waals surface area contributed by atoms with E-state index in [0.29, 0.717) is 34.2 Å². The molecule has 0 unspecified atom stereocenters. The van der Waals surface area contributed by atoms with Gasteiger partial charge in [-0.3, -0.25) is 10.1 Å². The number of nitrogens with zero attached hydrogens (tertiary/aromatic N) is 1. The predicted molar refractivity (Wildman–Crippen MR) is 117 cm³/mol. The SMILES string of the molecule is CC(=O)Nc1nc(CCc2ccc(NC(=O)OC(C)(C)C)cc2)c(/C=C\C(=O)O)s1. The second-order valence-electron chi connectivity index (χ2n) is 7.51. The second-order valence-corrected chi connectivity index (χ2v) is 8.54. The highest BCUT2D eigenvalue weighted by Gasteiger charge is 2.16. The van der Waals surface area contributed by atoms with E-state index in [2.05, 4.69) is 15.6 Å². The van der Waals surface area contributed by atoms with Crippen LogP contribution in [0, 0.1) is 0 Å². The molecular weight excluding hydrogens is 406 g/mol. The molecule has 8 nitrogen and oxygen atoms in total. The number of ether oxygens (including phenoxy) is 1. The van der Waals surface area contributed by atoms with Crippen LogP contribution in [0.5, 0.6) is 0 Å². The molecule has 2 amide bonds. The molecule has 1 heterocycles. The van der Waals surface area contributed by atoms with Crippen molar-refractivity contribution in [3.8, 4) is 0 Å². The van der Waals surface area contributed by atoms with Crippen LogP contribution in [-0.2, 0) is 27.2 Å². The number of hydrogen-bond acceptors (Lipinski definition) is 6. The van der Waals surface area contributed by atoms with Gasteiger partial charge in [0.2, 0.25) is 5.91 Å².